The second-order valence-electron chi connectivity index (χ2n) is 5.66. The molecule has 1 aliphatic rings. The van der Waals surface area contributed by atoms with Gasteiger partial charge in [0.15, 0.2) is 5.96 Å². The molecular weight excluding hydrogens is 262 g/mol. The first-order chi connectivity index (χ1) is 10.3. The Balaban J connectivity index is 1.46. The summed E-state index contributed by atoms with van der Waals surface area (Å²) < 4.78 is 5.66. The number of hydrogen-bond donors (Lipinski definition) is 2. The van der Waals surface area contributed by atoms with Gasteiger partial charge in [-0.1, -0.05) is 37.3 Å². The fraction of sp³-hybridized carbons (Fsp3) is 0.588. The summed E-state index contributed by atoms with van der Waals surface area (Å²) >= 11 is 0. The number of hydrogen-bond acceptors (Lipinski definition) is 2. The molecule has 1 aromatic carbocycles. The monoisotopic (exact) mass is 289 g/mol. The summed E-state index contributed by atoms with van der Waals surface area (Å²) in [7, 11) is 1.82. The van der Waals surface area contributed by atoms with Crippen molar-refractivity contribution in [2.45, 2.75) is 32.2 Å². The Hall–Kier alpha value is -1.55. The summed E-state index contributed by atoms with van der Waals surface area (Å²) in [5.41, 5.74) is 1.33. The third-order valence-corrected chi connectivity index (χ3v) is 3.79. The number of aliphatic imine (C=N–C) groups is 1. The van der Waals surface area contributed by atoms with E-state index in [-0.39, 0.29) is 0 Å². The van der Waals surface area contributed by atoms with E-state index < -0.39 is 0 Å². The van der Waals surface area contributed by atoms with E-state index in [0.29, 0.717) is 6.04 Å². The highest BCUT2D eigenvalue weighted by Gasteiger charge is 2.32. The standard InChI is InChI=1S/C17H27N3O/c1-14-13-16(14)20-17(18-2)19-10-6-11-21-12-9-15-7-4-3-5-8-15/h3-5,7-8,14,16H,6,9-13H2,1-2H3,(H2,18,19,20). The number of rotatable bonds is 8. The van der Waals surface area contributed by atoms with Crippen molar-refractivity contribution in [3.63, 3.8) is 0 Å². The number of guanidine groups is 1. The van der Waals surface area contributed by atoms with Crippen LogP contribution in [0, 0.1) is 5.92 Å². The fourth-order valence-electron chi connectivity index (χ4n) is 2.21. The number of ether oxygens (including phenoxy) is 1. The topological polar surface area (TPSA) is 45.7 Å². The van der Waals surface area contributed by atoms with Crippen LogP contribution in [0.5, 0.6) is 0 Å². The molecule has 21 heavy (non-hydrogen) atoms. The number of nitrogens with zero attached hydrogens (tertiary/aromatic N) is 1. The van der Waals surface area contributed by atoms with Crippen LogP contribution in [0.2, 0.25) is 0 Å². The van der Waals surface area contributed by atoms with Crippen molar-refractivity contribution in [2.75, 3.05) is 26.8 Å². The average Bonchev–Trinajstić information content (AvgIpc) is 3.21. The van der Waals surface area contributed by atoms with E-state index in [4.69, 9.17) is 4.74 Å². The smallest absolute Gasteiger partial charge is 0.191 e. The van der Waals surface area contributed by atoms with Crippen molar-refractivity contribution in [3.8, 4) is 0 Å². The van der Waals surface area contributed by atoms with E-state index in [1.165, 1.54) is 12.0 Å². The van der Waals surface area contributed by atoms with Crippen molar-refractivity contribution in [1.82, 2.24) is 10.6 Å². The highest BCUT2D eigenvalue weighted by molar-refractivity contribution is 5.80. The average molecular weight is 289 g/mol. The minimum Gasteiger partial charge on any atom is -0.381 e. The summed E-state index contributed by atoms with van der Waals surface area (Å²) in [5.74, 6) is 1.69. The molecule has 0 amide bonds. The summed E-state index contributed by atoms with van der Waals surface area (Å²) in [6, 6.07) is 11.1. The van der Waals surface area contributed by atoms with Crippen LogP contribution in [0.15, 0.2) is 35.3 Å². The summed E-state index contributed by atoms with van der Waals surface area (Å²) in [4.78, 5) is 4.23. The van der Waals surface area contributed by atoms with Gasteiger partial charge in [-0.2, -0.15) is 0 Å². The van der Waals surface area contributed by atoms with Crippen molar-refractivity contribution in [3.05, 3.63) is 35.9 Å². The third-order valence-electron chi connectivity index (χ3n) is 3.79. The van der Waals surface area contributed by atoms with Gasteiger partial charge in [0.2, 0.25) is 0 Å². The first kappa shape index (κ1) is 15.8. The minimum absolute atomic E-state index is 0.610. The summed E-state index contributed by atoms with van der Waals surface area (Å²) in [6.07, 6.45) is 3.23. The molecule has 1 aliphatic carbocycles. The van der Waals surface area contributed by atoms with Crippen LogP contribution in [0.3, 0.4) is 0 Å². The third kappa shape index (κ3) is 6.17. The molecule has 2 unspecified atom stereocenters. The van der Waals surface area contributed by atoms with Gasteiger partial charge in [-0.3, -0.25) is 4.99 Å². The Kier molecular flexibility index (Phi) is 6.54. The van der Waals surface area contributed by atoms with Crippen molar-refractivity contribution in [2.24, 2.45) is 10.9 Å². The second kappa shape index (κ2) is 8.67. The lowest BCUT2D eigenvalue weighted by molar-refractivity contribution is 0.135. The van der Waals surface area contributed by atoms with Crippen molar-refractivity contribution < 1.29 is 4.74 Å². The molecular formula is C17H27N3O. The molecule has 0 heterocycles. The maximum Gasteiger partial charge on any atom is 0.191 e. The number of benzene rings is 1. The van der Waals surface area contributed by atoms with Crippen LogP contribution in [-0.2, 0) is 11.2 Å². The van der Waals surface area contributed by atoms with E-state index in [9.17, 15) is 0 Å². The van der Waals surface area contributed by atoms with E-state index in [1.807, 2.05) is 13.1 Å². The SMILES string of the molecule is CN=C(NCCCOCCc1ccccc1)NC1CC1C. The highest BCUT2D eigenvalue weighted by Crippen LogP contribution is 2.28. The highest BCUT2D eigenvalue weighted by atomic mass is 16.5. The fourth-order valence-corrected chi connectivity index (χ4v) is 2.21. The lowest BCUT2D eigenvalue weighted by atomic mass is 10.2. The minimum atomic E-state index is 0.610. The van der Waals surface area contributed by atoms with Gasteiger partial charge in [0.1, 0.15) is 0 Å². The zero-order valence-electron chi connectivity index (χ0n) is 13.1. The van der Waals surface area contributed by atoms with Gasteiger partial charge in [0.05, 0.1) is 6.61 Å². The Morgan fingerprint density at radius 1 is 1.29 bits per heavy atom. The molecule has 4 nitrogen and oxygen atoms in total. The first-order valence-electron chi connectivity index (χ1n) is 7.88. The molecule has 116 valence electrons. The van der Waals surface area contributed by atoms with Gasteiger partial charge in [-0.25, -0.2) is 0 Å². The van der Waals surface area contributed by atoms with Crippen LogP contribution in [0.4, 0.5) is 0 Å². The first-order valence-corrected chi connectivity index (χ1v) is 7.88. The Morgan fingerprint density at radius 3 is 2.71 bits per heavy atom. The maximum atomic E-state index is 5.66. The van der Waals surface area contributed by atoms with E-state index >= 15 is 0 Å². The maximum absolute atomic E-state index is 5.66. The Bertz CT molecular complexity index is 433. The lowest BCUT2D eigenvalue weighted by Gasteiger charge is -2.11. The van der Waals surface area contributed by atoms with Gasteiger partial charge >= 0.3 is 0 Å². The van der Waals surface area contributed by atoms with Gasteiger partial charge in [-0.15, -0.1) is 0 Å². The zero-order valence-corrected chi connectivity index (χ0v) is 13.1. The predicted octanol–water partition coefficient (Wildman–Crippen LogP) is 2.21. The van der Waals surface area contributed by atoms with E-state index in [0.717, 1.165) is 44.5 Å². The lowest BCUT2D eigenvalue weighted by Crippen LogP contribution is -2.39. The van der Waals surface area contributed by atoms with E-state index in [2.05, 4.69) is 46.8 Å². The summed E-state index contributed by atoms with van der Waals surface area (Å²) in [5, 5.41) is 6.74. The van der Waals surface area contributed by atoms with Gasteiger partial charge < -0.3 is 15.4 Å². The Morgan fingerprint density at radius 2 is 2.05 bits per heavy atom. The molecule has 0 bridgehead atoms. The Labute approximate surface area is 128 Å². The number of nitrogens with one attached hydrogen (secondary N) is 2. The molecule has 0 spiro atoms. The predicted molar refractivity (Wildman–Crippen MR) is 87.6 cm³/mol. The molecule has 1 aromatic rings. The van der Waals surface area contributed by atoms with E-state index in [1.54, 1.807) is 0 Å². The van der Waals surface area contributed by atoms with Crippen LogP contribution in [0.1, 0.15) is 25.3 Å². The molecule has 2 rings (SSSR count). The second-order valence-corrected chi connectivity index (χ2v) is 5.66. The van der Waals surface area contributed by atoms with Gasteiger partial charge in [-0.05, 0) is 30.7 Å². The normalized spacial score (nSPS) is 21.1. The summed E-state index contributed by atoms with van der Waals surface area (Å²) in [6.45, 7) is 4.73. The molecule has 1 saturated carbocycles. The largest absolute Gasteiger partial charge is 0.381 e. The van der Waals surface area contributed by atoms with Crippen LogP contribution in [-0.4, -0.2) is 38.8 Å². The van der Waals surface area contributed by atoms with Crippen molar-refractivity contribution in [1.29, 1.82) is 0 Å². The molecule has 1 fully saturated rings. The van der Waals surface area contributed by atoms with Gasteiger partial charge in [0, 0.05) is 26.2 Å². The molecule has 2 N–H and O–H groups in total. The molecule has 0 radical (unpaired) electrons. The molecule has 4 heteroatoms. The van der Waals surface area contributed by atoms with Crippen LogP contribution < -0.4 is 10.6 Å². The van der Waals surface area contributed by atoms with Gasteiger partial charge in [0.25, 0.3) is 0 Å². The molecule has 0 aromatic heterocycles. The molecule has 2 atom stereocenters. The molecule has 0 aliphatic heterocycles. The quantitative estimate of drug-likeness (QED) is 0.438. The van der Waals surface area contributed by atoms with Crippen molar-refractivity contribution >= 4 is 5.96 Å². The van der Waals surface area contributed by atoms with Crippen LogP contribution >= 0.6 is 0 Å². The molecule has 0 saturated heterocycles. The zero-order chi connectivity index (χ0) is 14.9. The van der Waals surface area contributed by atoms with Crippen LogP contribution in [0.25, 0.3) is 0 Å².